The van der Waals surface area contributed by atoms with E-state index in [1.807, 2.05) is 24.3 Å². The van der Waals surface area contributed by atoms with Crippen molar-refractivity contribution in [3.8, 4) is 0 Å². The van der Waals surface area contributed by atoms with Gasteiger partial charge in [0.15, 0.2) is 6.10 Å². The highest BCUT2D eigenvalue weighted by atomic mass is 79.9. The molecule has 2 aromatic rings. The average molecular weight is 412 g/mol. The van der Waals surface area contributed by atoms with Gasteiger partial charge in [-0.3, -0.25) is 9.59 Å². The summed E-state index contributed by atoms with van der Waals surface area (Å²) in [4.78, 5) is 24.7. The van der Waals surface area contributed by atoms with Gasteiger partial charge in [0.2, 0.25) is 0 Å². The van der Waals surface area contributed by atoms with Gasteiger partial charge < -0.3 is 10.1 Å². The van der Waals surface area contributed by atoms with Crippen molar-refractivity contribution in [1.29, 1.82) is 0 Å². The summed E-state index contributed by atoms with van der Waals surface area (Å²) in [5.74, 6) is -1.56. The standard InChI is InChI=1S/C17H15BrFNO3S/c1-11(17(22)20-15-5-3-2-4-14(15)19)23-16(21)10-24-13-8-6-12(18)7-9-13/h2-9,11H,10H2,1H3,(H,20,22). The van der Waals surface area contributed by atoms with Crippen molar-refractivity contribution >= 4 is 45.3 Å². The summed E-state index contributed by atoms with van der Waals surface area (Å²) < 4.78 is 19.5. The van der Waals surface area contributed by atoms with Crippen LogP contribution in [0.3, 0.4) is 0 Å². The Bertz CT molecular complexity index is 724. The van der Waals surface area contributed by atoms with Gasteiger partial charge in [-0.15, -0.1) is 11.8 Å². The maximum atomic E-state index is 13.5. The van der Waals surface area contributed by atoms with Crippen LogP contribution < -0.4 is 5.32 Å². The molecule has 126 valence electrons. The predicted octanol–water partition coefficient (Wildman–Crippen LogP) is 4.25. The number of benzene rings is 2. The number of esters is 1. The first-order valence-corrected chi connectivity index (χ1v) is 8.87. The van der Waals surface area contributed by atoms with E-state index in [0.29, 0.717) is 0 Å². The fourth-order valence-electron chi connectivity index (χ4n) is 1.75. The molecule has 0 aromatic heterocycles. The van der Waals surface area contributed by atoms with E-state index >= 15 is 0 Å². The maximum absolute atomic E-state index is 13.5. The molecule has 0 aliphatic carbocycles. The summed E-state index contributed by atoms with van der Waals surface area (Å²) >= 11 is 4.64. The van der Waals surface area contributed by atoms with Crippen molar-refractivity contribution in [3.05, 3.63) is 58.8 Å². The molecule has 0 fully saturated rings. The number of ether oxygens (including phenoxy) is 1. The van der Waals surface area contributed by atoms with E-state index < -0.39 is 23.8 Å². The molecule has 2 aromatic carbocycles. The molecule has 2 rings (SSSR count). The van der Waals surface area contributed by atoms with E-state index in [2.05, 4.69) is 21.2 Å². The smallest absolute Gasteiger partial charge is 0.317 e. The number of hydrogen-bond donors (Lipinski definition) is 1. The van der Waals surface area contributed by atoms with E-state index in [1.54, 1.807) is 6.07 Å². The molecule has 0 spiro atoms. The minimum atomic E-state index is -1.01. The van der Waals surface area contributed by atoms with E-state index in [9.17, 15) is 14.0 Å². The topological polar surface area (TPSA) is 55.4 Å². The van der Waals surface area contributed by atoms with Crippen molar-refractivity contribution in [2.24, 2.45) is 0 Å². The van der Waals surface area contributed by atoms with Crippen LogP contribution in [0.5, 0.6) is 0 Å². The molecule has 0 heterocycles. The van der Waals surface area contributed by atoms with Crippen LogP contribution in [0.2, 0.25) is 0 Å². The summed E-state index contributed by atoms with van der Waals surface area (Å²) in [6.45, 7) is 1.44. The molecule has 24 heavy (non-hydrogen) atoms. The number of thioether (sulfide) groups is 1. The summed E-state index contributed by atoms with van der Waals surface area (Å²) in [6.07, 6.45) is -1.01. The molecule has 0 radical (unpaired) electrons. The third-order valence-corrected chi connectivity index (χ3v) is 4.49. The molecule has 0 bridgehead atoms. The number of rotatable bonds is 6. The Hall–Kier alpha value is -1.86. The lowest BCUT2D eigenvalue weighted by Crippen LogP contribution is -2.30. The monoisotopic (exact) mass is 411 g/mol. The number of amides is 1. The molecule has 1 atom stereocenters. The van der Waals surface area contributed by atoms with Crippen LogP contribution >= 0.6 is 27.7 Å². The first-order valence-electron chi connectivity index (χ1n) is 7.09. The van der Waals surface area contributed by atoms with Crippen molar-refractivity contribution in [2.75, 3.05) is 11.1 Å². The Morgan fingerprint density at radius 2 is 1.88 bits per heavy atom. The van der Waals surface area contributed by atoms with E-state index in [1.165, 1.54) is 36.9 Å². The highest BCUT2D eigenvalue weighted by molar-refractivity contribution is 9.10. The average Bonchev–Trinajstić information content (AvgIpc) is 2.56. The van der Waals surface area contributed by atoms with Gasteiger partial charge in [-0.2, -0.15) is 0 Å². The van der Waals surface area contributed by atoms with Gasteiger partial charge in [0.25, 0.3) is 5.91 Å². The van der Waals surface area contributed by atoms with Gasteiger partial charge >= 0.3 is 5.97 Å². The van der Waals surface area contributed by atoms with Crippen LogP contribution in [0.25, 0.3) is 0 Å². The van der Waals surface area contributed by atoms with Gasteiger partial charge in [0, 0.05) is 9.37 Å². The number of carbonyl (C=O) groups is 2. The molecule has 1 N–H and O–H groups in total. The highest BCUT2D eigenvalue weighted by Gasteiger charge is 2.19. The van der Waals surface area contributed by atoms with Crippen molar-refractivity contribution in [1.82, 2.24) is 0 Å². The Morgan fingerprint density at radius 1 is 1.21 bits per heavy atom. The number of halogens is 2. The fourth-order valence-corrected chi connectivity index (χ4v) is 2.70. The summed E-state index contributed by atoms with van der Waals surface area (Å²) in [5.41, 5.74) is 0.0506. The summed E-state index contributed by atoms with van der Waals surface area (Å²) in [7, 11) is 0. The van der Waals surface area contributed by atoms with Gasteiger partial charge in [0.05, 0.1) is 11.4 Å². The summed E-state index contributed by atoms with van der Waals surface area (Å²) in [5, 5.41) is 2.39. The molecule has 1 unspecified atom stereocenters. The van der Waals surface area contributed by atoms with Crippen LogP contribution in [0.4, 0.5) is 10.1 Å². The van der Waals surface area contributed by atoms with Crippen LogP contribution in [0, 0.1) is 5.82 Å². The van der Waals surface area contributed by atoms with Crippen molar-refractivity contribution < 1.29 is 18.7 Å². The molecule has 0 saturated carbocycles. The largest absolute Gasteiger partial charge is 0.452 e. The Kier molecular flexibility index (Phi) is 6.81. The number of anilines is 1. The Morgan fingerprint density at radius 3 is 2.54 bits per heavy atom. The lowest BCUT2D eigenvalue weighted by atomic mass is 10.3. The molecule has 4 nitrogen and oxygen atoms in total. The molecule has 7 heteroatoms. The van der Waals surface area contributed by atoms with Crippen LogP contribution in [0.15, 0.2) is 57.9 Å². The third kappa shape index (κ3) is 5.65. The number of nitrogens with one attached hydrogen (secondary N) is 1. The van der Waals surface area contributed by atoms with Crippen LogP contribution in [-0.2, 0) is 14.3 Å². The Balaban J connectivity index is 1.81. The van der Waals surface area contributed by atoms with Crippen LogP contribution in [-0.4, -0.2) is 23.7 Å². The summed E-state index contributed by atoms with van der Waals surface area (Å²) in [6, 6.07) is 13.3. The lowest BCUT2D eigenvalue weighted by molar-refractivity contribution is -0.150. The minimum Gasteiger partial charge on any atom is -0.452 e. The molecule has 0 saturated heterocycles. The molecule has 1 amide bonds. The van der Waals surface area contributed by atoms with E-state index in [0.717, 1.165) is 9.37 Å². The van der Waals surface area contributed by atoms with Crippen molar-refractivity contribution in [3.63, 3.8) is 0 Å². The number of hydrogen-bond acceptors (Lipinski definition) is 4. The zero-order chi connectivity index (χ0) is 17.5. The SMILES string of the molecule is CC(OC(=O)CSc1ccc(Br)cc1)C(=O)Nc1ccccc1F. The van der Waals surface area contributed by atoms with Gasteiger partial charge in [-0.1, -0.05) is 28.1 Å². The van der Waals surface area contributed by atoms with Gasteiger partial charge in [0.1, 0.15) is 5.82 Å². The normalized spacial score (nSPS) is 11.6. The molecular weight excluding hydrogens is 397 g/mol. The number of para-hydroxylation sites is 1. The lowest BCUT2D eigenvalue weighted by Gasteiger charge is -2.13. The zero-order valence-electron chi connectivity index (χ0n) is 12.8. The third-order valence-electron chi connectivity index (χ3n) is 2.98. The second kappa shape index (κ2) is 8.84. The highest BCUT2D eigenvalue weighted by Crippen LogP contribution is 2.21. The quantitative estimate of drug-likeness (QED) is 0.570. The molecule has 0 aliphatic heterocycles. The van der Waals surface area contributed by atoms with Crippen molar-refractivity contribution in [2.45, 2.75) is 17.9 Å². The van der Waals surface area contributed by atoms with E-state index in [-0.39, 0.29) is 11.4 Å². The maximum Gasteiger partial charge on any atom is 0.317 e. The second-order valence-corrected chi connectivity index (χ2v) is 6.81. The van der Waals surface area contributed by atoms with Crippen LogP contribution in [0.1, 0.15) is 6.92 Å². The Labute approximate surface area is 151 Å². The predicted molar refractivity (Wildman–Crippen MR) is 95.4 cm³/mol. The molecule has 0 aliphatic rings. The zero-order valence-corrected chi connectivity index (χ0v) is 15.2. The second-order valence-electron chi connectivity index (χ2n) is 4.84. The minimum absolute atomic E-state index is 0.0506. The number of carbonyl (C=O) groups excluding carboxylic acids is 2. The fraction of sp³-hybridized carbons (Fsp3) is 0.176. The van der Waals surface area contributed by atoms with Gasteiger partial charge in [-0.25, -0.2) is 4.39 Å². The first kappa shape index (κ1) is 18.5. The van der Waals surface area contributed by atoms with Gasteiger partial charge in [-0.05, 0) is 43.3 Å². The molecular formula is C17H15BrFNO3S. The van der Waals surface area contributed by atoms with E-state index in [4.69, 9.17) is 4.74 Å². The first-order chi connectivity index (χ1) is 11.5.